The number of amides is 2. The fourth-order valence-electron chi connectivity index (χ4n) is 8.03. The SMILES string of the molecule is CCCCCCCCCCCCOCCCN1C(=O)c2c(-c3ccc(-c4ccc(-c5ccc(-c6ccc(C(C)CC)s6)s5)s4)s3)ccc(C(C)(C)CCC)c2C1=O. The number of unbranched alkanes of at least 4 members (excludes halogenated alkanes) is 9. The van der Waals surface area contributed by atoms with Gasteiger partial charge in [-0.2, -0.15) is 0 Å². The lowest BCUT2D eigenvalue weighted by Crippen LogP contribution is -2.32. The average Bonchev–Trinajstić information content (AvgIpc) is 4.06. The first-order valence-electron chi connectivity index (χ1n) is 21.7. The molecule has 5 heterocycles. The van der Waals surface area contributed by atoms with Crippen molar-refractivity contribution >= 4 is 57.2 Å². The molecule has 0 saturated heterocycles. The molecule has 5 aromatic rings. The van der Waals surface area contributed by atoms with Crippen LogP contribution in [0.3, 0.4) is 0 Å². The Morgan fingerprint density at radius 2 is 1.05 bits per heavy atom. The van der Waals surface area contributed by atoms with Crippen molar-refractivity contribution in [1.29, 1.82) is 0 Å². The zero-order chi connectivity index (χ0) is 40.4. The molecule has 0 N–H and O–H groups in total. The first-order valence-corrected chi connectivity index (χ1v) is 25.0. The van der Waals surface area contributed by atoms with Crippen molar-refractivity contribution in [1.82, 2.24) is 4.90 Å². The van der Waals surface area contributed by atoms with Crippen LogP contribution in [0.4, 0.5) is 0 Å². The minimum atomic E-state index is -0.225. The van der Waals surface area contributed by atoms with E-state index in [2.05, 4.69) is 102 Å². The van der Waals surface area contributed by atoms with Crippen LogP contribution in [0.1, 0.15) is 169 Å². The molecular formula is C49H63NO3S4. The Bertz CT molecular complexity index is 2060. The molecule has 6 rings (SSSR count). The zero-order valence-electron chi connectivity index (χ0n) is 35.2. The maximum Gasteiger partial charge on any atom is 0.262 e. The topological polar surface area (TPSA) is 46.6 Å². The second-order valence-corrected chi connectivity index (χ2v) is 20.8. The van der Waals surface area contributed by atoms with E-state index in [4.69, 9.17) is 4.74 Å². The van der Waals surface area contributed by atoms with E-state index in [9.17, 15) is 9.59 Å². The summed E-state index contributed by atoms with van der Waals surface area (Å²) in [4.78, 5) is 40.0. The highest BCUT2D eigenvalue weighted by molar-refractivity contribution is 7.29. The molecule has 0 fully saturated rings. The van der Waals surface area contributed by atoms with Gasteiger partial charge in [0.15, 0.2) is 0 Å². The zero-order valence-corrected chi connectivity index (χ0v) is 38.4. The Balaban J connectivity index is 1.10. The molecule has 4 aromatic heterocycles. The molecule has 0 radical (unpaired) electrons. The lowest BCUT2D eigenvalue weighted by molar-refractivity contribution is 0.0624. The van der Waals surface area contributed by atoms with Crippen LogP contribution in [0.5, 0.6) is 0 Å². The maximum atomic E-state index is 14.3. The fraction of sp³-hybridized carbons (Fsp3) is 0.510. The molecule has 0 saturated carbocycles. The second-order valence-electron chi connectivity index (χ2n) is 16.5. The highest BCUT2D eigenvalue weighted by atomic mass is 32.1. The summed E-state index contributed by atoms with van der Waals surface area (Å²) in [6, 6.07) is 22.0. The Kier molecular flexibility index (Phi) is 16.0. The van der Waals surface area contributed by atoms with Crippen molar-refractivity contribution < 1.29 is 14.3 Å². The molecule has 2 amide bonds. The van der Waals surface area contributed by atoms with Crippen LogP contribution in [0.2, 0.25) is 0 Å². The lowest BCUT2D eigenvalue weighted by atomic mass is 9.76. The van der Waals surface area contributed by atoms with E-state index in [0.717, 1.165) is 48.3 Å². The molecule has 1 atom stereocenters. The quantitative estimate of drug-likeness (QED) is 0.0459. The number of carbonyl (C=O) groups excluding carboxylic acids is 2. The first-order chi connectivity index (χ1) is 27.7. The van der Waals surface area contributed by atoms with E-state index in [0.29, 0.717) is 36.6 Å². The van der Waals surface area contributed by atoms with E-state index in [1.807, 2.05) is 34.0 Å². The molecule has 0 aliphatic carbocycles. The number of imide groups is 1. The summed E-state index contributed by atoms with van der Waals surface area (Å²) in [5.41, 5.74) is 2.80. The Morgan fingerprint density at radius 1 is 0.561 bits per heavy atom. The van der Waals surface area contributed by atoms with E-state index in [-0.39, 0.29) is 17.2 Å². The van der Waals surface area contributed by atoms with Crippen LogP contribution in [0.15, 0.2) is 60.7 Å². The van der Waals surface area contributed by atoms with Gasteiger partial charge in [-0.25, -0.2) is 0 Å². The number of hydrogen-bond donors (Lipinski definition) is 0. The van der Waals surface area contributed by atoms with Crippen LogP contribution in [-0.4, -0.2) is 36.5 Å². The van der Waals surface area contributed by atoms with E-state index >= 15 is 0 Å². The van der Waals surface area contributed by atoms with Gasteiger partial charge in [0.25, 0.3) is 11.8 Å². The number of carbonyl (C=O) groups is 2. The third-order valence-electron chi connectivity index (χ3n) is 11.6. The van der Waals surface area contributed by atoms with Gasteiger partial charge >= 0.3 is 0 Å². The van der Waals surface area contributed by atoms with Crippen molar-refractivity contribution in [2.75, 3.05) is 19.8 Å². The summed E-state index contributed by atoms with van der Waals surface area (Å²) in [6.45, 7) is 15.1. The third-order valence-corrected chi connectivity index (χ3v) is 16.8. The van der Waals surface area contributed by atoms with Crippen LogP contribution < -0.4 is 0 Å². The number of hydrogen-bond acceptors (Lipinski definition) is 7. The van der Waals surface area contributed by atoms with Crippen LogP contribution in [0, 0.1) is 0 Å². The highest BCUT2D eigenvalue weighted by Crippen LogP contribution is 2.47. The van der Waals surface area contributed by atoms with Gasteiger partial charge in [0.2, 0.25) is 0 Å². The highest BCUT2D eigenvalue weighted by Gasteiger charge is 2.42. The Labute approximate surface area is 358 Å². The van der Waals surface area contributed by atoms with Crippen molar-refractivity contribution in [3.05, 3.63) is 82.2 Å². The summed E-state index contributed by atoms with van der Waals surface area (Å²) in [5, 5.41) is 0. The van der Waals surface area contributed by atoms with Crippen LogP contribution >= 0.6 is 45.3 Å². The molecule has 4 nitrogen and oxygen atoms in total. The molecular weight excluding hydrogens is 779 g/mol. The standard InChI is InChI=1S/C49H63NO3S4/c1-7-10-11-12-13-14-15-16-17-18-32-53-33-19-31-50-47(51)45-35(20-21-36(46(45)48(50)52)49(5,6)30-8-2)38-23-25-40(55-38)42-27-29-44(57-42)43-28-26-41(56-43)39-24-22-37(54-39)34(4)9-3/h20-29,34H,7-19,30-33H2,1-6H3. The normalized spacial score (nSPS) is 13.6. The van der Waals surface area contributed by atoms with E-state index in [1.54, 1.807) is 11.3 Å². The van der Waals surface area contributed by atoms with Gasteiger partial charge in [-0.15, -0.1) is 45.3 Å². The van der Waals surface area contributed by atoms with Gasteiger partial charge < -0.3 is 4.74 Å². The predicted molar refractivity (Wildman–Crippen MR) is 249 cm³/mol. The monoisotopic (exact) mass is 841 g/mol. The van der Waals surface area contributed by atoms with Crippen molar-refractivity contribution in [2.24, 2.45) is 0 Å². The fourth-order valence-corrected chi connectivity index (χ4v) is 12.5. The van der Waals surface area contributed by atoms with E-state index in [1.165, 1.54) is 96.8 Å². The summed E-state index contributed by atoms with van der Waals surface area (Å²) in [5.74, 6) is 0.272. The van der Waals surface area contributed by atoms with Crippen molar-refractivity contribution in [3.63, 3.8) is 0 Å². The number of nitrogens with zero attached hydrogens (tertiary/aromatic N) is 1. The summed E-state index contributed by atoms with van der Waals surface area (Å²) in [6.07, 6.45) is 16.8. The molecule has 0 spiro atoms. The van der Waals surface area contributed by atoms with Gasteiger partial charge in [0.1, 0.15) is 0 Å². The number of benzene rings is 1. The second kappa shape index (κ2) is 20.9. The lowest BCUT2D eigenvalue weighted by Gasteiger charge is -2.27. The number of fused-ring (bicyclic) bond motifs is 1. The summed E-state index contributed by atoms with van der Waals surface area (Å²) >= 11 is 7.29. The van der Waals surface area contributed by atoms with Gasteiger partial charge in [0, 0.05) is 64.3 Å². The molecule has 57 heavy (non-hydrogen) atoms. The number of rotatable bonds is 24. The molecule has 1 aliphatic rings. The average molecular weight is 842 g/mol. The largest absolute Gasteiger partial charge is 0.381 e. The van der Waals surface area contributed by atoms with Crippen molar-refractivity contribution in [3.8, 4) is 39.7 Å². The Hall–Kier alpha value is -2.88. The summed E-state index contributed by atoms with van der Waals surface area (Å²) < 4.78 is 5.98. The smallest absolute Gasteiger partial charge is 0.262 e. The molecule has 8 heteroatoms. The minimum Gasteiger partial charge on any atom is -0.381 e. The molecule has 306 valence electrons. The molecule has 1 aliphatic heterocycles. The maximum absolute atomic E-state index is 14.3. The summed E-state index contributed by atoms with van der Waals surface area (Å²) in [7, 11) is 0. The van der Waals surface area contributed by atoms with E-state index < -0.39 is 0 Å². The number of ether oxygens (including phenoxy) is 1. The Morgan fingerprint density at radius 3 is 1.63 bits per heavy atom. The molecule has 0 bridgehead atoms. The van der Waals surface area contributed by atoms with Gasteiger partial charge in [-0.1, -0.05) is 118 Å². The first kappa shape index (κ1) is 43.7. The third kappa shape index (κ3) is 10.7. The number of thiophene rings is 4. The molecule has 1 unspecified atom stereocenters. The molecule has 1 aromatic carbocycles. The van der Waals surface area contributed by atoms with Crippen LogP contribution in [-0.2, 0) is 10.2 Å². The van der Waals surface area contributed by atoms with Gasteiger partial charge in [-0.05, 0) is 91.1 Å². The van der Waals surface area contributed by atoms with Crippen LogP contribution in [0.25, 0.3) is 39.7 Å². The van der Waals surface area contributed by atoms with Gasteiger partial charge in [-0.3, -0.25) is 14.5 Å². The van der Waals surface area contributed by atoms with Gasteiger partial charge in [0.05, 0.1) is 11.1 Å². The predicted octanol–water partition coefficient (Wildman–Crippen LogP) is 16.1. The minimum absolute atomic E-state index is 0.153. The van der Waals surface area contributed by atoms with Crippen molar-refractivity contribution in [2.45, 2.75) is 143 Å².